The number of nitrogens with one attached hydrogen (secondary N) is 1. The van der Waals surface area contributed by atoms with Gasteiger partial charge in [0.05, 0.1) is 6.54 Å². The fourth-order valence-electron chi connectivity index (χ4n) is 5.06. The molecule has 152 valence electrons. The van der Waals surface area contributed by atoms with Crippen molar-refractivity contribution in [2.24, 2.45) is 5.92 Å². The molecule has 2 amide bonds. The van der Waals surface area contributed by atoms with Gasteiger partial charge in [0, 0.05) is 38.1 Å². The lowest BCUT2D eigenvalue weighted by atomic mass is 9.84. The molecule has 3 aliphatic heterocycles. The molecule has 3 saturated heterocycles. The summed E-state index contributed by atoms with van der Waals surface area (Å²) in [6, 6.07) is 10.3. The van der Waals surface area contributed by atoms with Crippen LogP contribution in [0.25, 0.3) is 0 Å². The minimum absolute atomic E-state index is 0.101. The Morgan fingerprint density at radius 3 is 2.68 bits per heavy atom. The lowest BCUT2D eigenvalue weighted by Gasteiger charge is -2.51. The van der Waals surface area contributed by atoms with Crippen molar-refractivity contribution < 1.29 is 9.59 Å². The zero-order valence-electron chi connectivity index (χ0n) is 16.9. The Balaban J connectivity index is 1.33. The Bertz CT molecular complexity index is 702. The number of benzene rings is 1. The van der Waals surface area contributed by atoms with Gasteiger partial charge in [-0.25, -0.2) is 0 Å². The topological polar surface area (TPSA) is 55.9 Å². The maximum absolute atomic E-state index is 13.0. The van der Waals surface area contributed by atoms with Crippen LogP contribution in [-0.2, 0) is 16.0 Å². The number of carbonyl (C=O) groups is 2. The van der Waals surface area contributed by atoms with E-state index in [0.717, 1.165) is 52.0 Å². The van der Waals surface area contributed by atoms with E-state index in [4.69, 9.17) is 0 Å². The van der Waals surface area contributed by atoms with Crippen molar-refractivity contribution in [2.75, 3.05) is 52.9 Å². The van der Waals surface area contributed by atoms with Gasteiger partial charge in [-0.15, -0.1) is 0 Å². The number of rotatable bonds is 4. The van der Waals surface area contributed by atoms with Crippen molar-refractivity contribution in [1.29, 1.82) is 0 Å². The normalized spacial score (nSPS) is 25.5. The predicted molar refractivity (Wildman–Crippen MR) is 109 cm³/mol. The van der Waals surface area contributed by atoms with Crippen molar-refractivity contribution in [3.63, 3.8) is 0 Å². The van der Waals surface area contributed by atoms with Gasteiger partial charge >= 0.3 is 0 Å². The highest BCUT2D eigenvalue weighted by Crippen LogP contribution is 2.29. The van der Waals surface area contributed by atoms with Crippen molar-refractivity contribution in [3.05, 3.63) is 35.9 Å². The van der Waals surface area contributed by atoms with Crippen LogP contribution in [0, 0.1) is 5.92 Å². The fourth-order valence-corrected chi connectivity index (χ4v) is 5.06. The number of likely N-dealkylation sites (tertiary alicyclic amines) is 1. The van der Waals surface area contributed by atoms with Crippen LogP contribution in [-0.4, -0.2) is 84.9 Å². The van der Waals surface area contributed by atoms with E-state index in [1.54, 1.807) is 4.90 Å². The van der Waals surface area contributed by atoms with E-state index in [1.165, 1.54) is 5.56 Å². The molecule has 1 aromatic carbocycles. The van der Waals surface area contributed by atoms with Gasteiger partial charge in [0.15, 0.2) is 0 Å². The number of piperidine rings is 1. The van der Waals surface area contributed by atoms with Crippen LogP contribution in [0.4, 0.5) is 0 Å². The maximum Gasteiger partial charge on any atom is 0.242 e. The second-order valence-electron chi connectivity index (χ2n) is 8.75. The third-order valence-electron chi connectivity index (χ3n) is 6.88. The van der Waals surface area contributed by atoms with Crippen LogP contribution >= 0.6 is 0 Å². The second kappa shape index (κ2) is 8.21. The summed E-state index contributed by atoms with van der Waals surface area (Å²) in [7, 11) is 2.19. The van der Waals surface area contributed by atoms with Gasteiger partial charge in [0.2, 0.25) is 11.8 Å². The van der Waals surface area contributed by atoms with Crippen LogP contribution in [0.3, 0.4) is 0 Å². The molecule has 0 bridgehead atoms. The third-order valence-corrected chi connectivity index (χ3v) is 6.88. The highest BCUT2D eigenvalue weighted by molar-refractivity contribution is 5.86. The molecule has 6 heteroatoms. The monoisotopic (exact) mass is 384 g/mol. The first kappa shape index (κ1) is 19.4. The van der Waals surface area contributed by atoms with E-state index in [-0.39, 0.29) is 23.9 Å². The standard InChI is InChI=1S/C22H32N4O2/c1-24-11-12-25(17-22(24)7-9-23-10-8-22)21(28)16-26-15-19(14-20(26)27)13-18-5-3-2-4-6-18/h2-6,19,23H,7-17H2,1H3. The van der Waals surface area contributed by atoms with Gasteiger partial charge in [-0.3, -0.25) is 14.5 Å². The molecular formula is C22H32N4O2. The number of carbonyl (C=O) groups excluding carboxylic acids is 2. The summed E-state index contributed by atoms with van der Waals surface area (Å²) in [6.07, 6.45) is 3.62. The van der Waals surface area contributed by atoms with E-state index in [9.17, 15) is 9.59 Å². The Morgan fingerprint density at radius 1 is 1.18 bits per heavy atom. The summed E-state index contributed by atoms with van der Waals surface area (Å²) >= 11 is 0. The smallest absolute Gasteiger partial charge is 0.242 e. The summed E-state index contributed by atoms with van der Waals surface area (Å²) in [5.74, 6) is 0.547. The van der Waals surface area contributed by atoms with E-state index in [1.807, 2.05) is 23.1 Å². The summed E-state index contributed by atoms with van der Waals surface area (Å²) in [4.78, 5) is 31.7. The molecule has 3 aliphatic rings. The van der Waals surface area contributed by atoms with Crippen LogP contribution in [0.2, 0.25) is 0 Å². The first-order valence-electron chi connectivity index (χ1n) is 10.6. The third kappa shape index (κ3) is 4.08. The van der Waals surface area contributed by atoms with Crippen LogP contribution in [0.1, 0.15) is 24.8 Å². The van der Waals surface area contributed by atoms with E-state index in [0.29, 0.717) is 18.9 Å². The van der Waals surface area contributed by atoms with Gasteiger partial charge in [-0.2, -0.15) is 0 Å². The minimum atomic E-state index is 0.101. The summed E-state index contributed by atoms with van der Waals surface area (Å²) in [5, 5.41) is 3.43. The van der Waals surface area contributed by atoms with Gasteiger partial charge in [0.25, 0.3) is 0 Å². The van der Waals surface area contributed by atoms with Crippen LogP contribution in [0.15, 0.2) is 30.3 Å². The Hall–Kier alpha value is -1.92. The summed E-state index contributed by atoms with van der Waals surface area (Å²) < 4.78 is 0. The van der Waals surface area contributed by atoms with Gasteiger partial charge in [-0.05, 0) is 50.9 Å². The molecule has 1 N–H and O–H groups in total. The Kier molecular flexibility index (Phi) is 5.69. The maximum atomic E-state index is 13.0. The molecule has 1 unspecified atom stereocenters. The van der Waals surface area contributed by atoms with Crippen LogP contribution in [0.5, 0.6) is 0 Å². The summed E-state index contributed by atoms with van der Waals surface area (Å²) in [6.45, 7) is 5.43. The lowest BCUT2D eigenvalue weighted by Crippen LogP contribution is -2.65. The molecule has 6 nitrogen and oxygen atoms in total. The number of piperazine rings is 1. The van der Waals surface area contributed by atoms with Crippen molar-refractivity contribution in [1.82, 2.24) is 20.0 Å². The highest BCUT2D eigenvalue weighted by Gasteiger charge is 2.42. The quantitative estimate of drug-likeness (QED) is 0.841. The number of likely N-dealkylation sites (N-methyl/N-ethyl adjacent to an activating group) is 1. The predicted octanol–water partition coefficient (Wildman–Crippen LogP) is 0.974. The zero-order chi connectivity index (χ0) is 19.6. The molecular weight excluding hydrogens is 352 g/mol. The molecule has 1 spiro atoms. The molecule has 0 aromatic heterocycles. The summed E-state index contributed by atoms with van der Waals surface area (Å²) in [5.41, 5.74) is 1.37. The fraction of sp³-hybridized carbons (Fsp3) is 0.636. The van der Waals surface area contributed by atoms with Gasteiger partial charge in [-0.1, -0.05) is 30.3 Å². The molecule has 0 saturated carbocycles. The zero-order valence-corrected chi connectivity index (χ0v) is 16.9. The van der Waals surface area contributed by atoms with Crippen molar-refractivity contribution in [3.8, 4) is 0 Å². The number of amides is 2. The average Bonchev–Trinajstić information content (AvgIpc) is 3.04. The van der Waals surface area contributed by atoms with E-state index in [2.05, 4.69) is 29.4 Å². The SMILES string of the molecule is CN1CCN(C(=O)CN2CC(Cc3ccccc3)CC2=O)CC12CCNCC2. The molecule has 3 heterocycles. The van der Waals surface area contributed by atoms with Crippen molar-refractivity contribution >= 4 is 11.8 Å². The van der Waals surface area contributed by atoms with Gasteiger partial charge < -0.3 is 15.1 Å². The molecule has 1 aromatic rings. The van der Waals surface area contributed by atoms with Gasteiger partial charge in [0.1, 0.15) is 0 Å². The number of nitrogens with zero attached hydrogens (tertiary/aromatic N) is 3. The van der Waals surface area contributed by atoms with Crippen molar-refractivity contribution in [2.45, 2.75) is 31.2 Å². The van der Waals surface area contributed by atoms with E-state index >= 15 is 0 Å². The molecule has 1 atom stereocenters. The number of hydrogen-bond donors (Lipinski definition) is 1. The first-order chi connectivity index (χ1) is 13.6. The Labute approximate surface area is 167 Å². The molecule has 4 rings (SSSR count). The Morgan fingerprint density at radius 2 is 1.93 bits per heavy atom. The van der Waals surface area contributed by atoms with Crippen LogP contribution < -0.4 is 5.32 Å². The van der Waals surface area contributed by atoms with E-state index < -0.39 is 0 Å². The molecule has 28 heavy (non-hydrogen) atoms. The second-order valence-corrected chi connectivity index (χ2v) is 8.75. The number of hydrogen-bond acceptors (Lipinski definition) is 4. The first-order valence-corrected chi connectivity index (χ1v) is 10.6. The highest BCUT2D eigenvalue weighted by atomic mass is 16.2. The largest absolute Gasteiger partial charge is 0.338 e. The minimum Gasteiger partial charge on any atom is -0.338 e. The average molecular weight is 385 g/mol. The lowest BCUT2D eigenvalue weighted by molar-refractivity contribution is -0.142. The molecule has 0 radical (unpaired) electrons. The molecule has 0 aliphatic carbocycles. The molecule has 3 fully saturated rings.